The Balaban J connectivity index is 1.62. The Bertz CT molecular complexity index is 1120. The summed E-state index contributed by atoms with van der Waals surface area (Å²) in [6.45, 7) is 5.80. The molecule has 0 saturated carbocycles. The SMILES string of the molecule is CC1(C)c2ccccc2-c2c1c1ccccc1n2CCCc1ccccc1. The van der Waals surface area contributed by atoms with Gasteiger partial charge in [-0.25, -0.2) is 0 Å². The van der Waals surface area contributed by atoms with Crippen molar-refractivity contribution in [1.29, 1.82) is 0 Å². The second-order valence-corrected chi connectivity index (χ2v) is 8.15. The minimum atomic E-state index is 0.0518. The number of para-hydroxylation sites is 1. The van der Waals surface area contributed by atoms with Gasteiger partial charge in [0.2, 0.25) is 0 Å². The molecule has 3 aromatic carbocycles. The van der Waals surface area contributed by atoms with Crippen LogP contribution >= 0.6 is 0 Å². The van der Waals surface area contributed by atoms with Crippen molar-refractivity contribution in [3.8, 4) is 11.3 Å². The van der Waals surface area contributed by atoms with E-state index in [9.17, 15) is 0 Å². The molecule has 0 unspecified atom stereocenters. The van der Waals surface area contributed by atoms with Crippen molar-refractivity contribution >= 4 is 10.9 Å². The molecule has 5 rings (SSSR count). The lowest BCUT2D eigenvalue weighted by Crippen LogP contribution is -2.14. The van der Waals surface area contributed by atoms with Crippen LogP contribution in [0, 0.1) is 0 Å². The fourth-order valence-corrected chi connectivity index (χ4v) is 4.90. The number of benzene rings is 3. The van der Waals surface area contributed by atoms with E-state index in [-0.39, 0.29) is 5.41 Å². The van der Waals surface area contributed by atoms with Crippen molar-refractivity contribution in [3.05, 3.63) is 95.6 Å². The van der Waals surface area contributed by atoms with Gasteiger partial charge in [0, 0.05) is 28.4 Å². The minimum absolute atomic E-state index is 0.0518. The van der Waals surface area contributed by atoms with Crippen LogP contribution in [0.5, 0.6) is 0 Å². The van der Waals surface area contributed by atoms with E-state index in [1.165, 1.54) is 38.9 Å². The largest absolute Gasteiger partial charge is 0.340 e. The standard InChI is InChI=1S/C26H25N/c1-26(2)22-16-8-6-14-20(22)25-24(26)21-15-7-9-17-23(21)27(25)18-10-13-19-11-4-3-5-12-19/h3-9,11-12,14-17H,10,13,18H2,1-2H3. The van der Waals surface area contributed by atoms with Crippen LogP contribution in [0.4, 0.5) is 0 Å². The number of fused-ring (bicyclic) bond motifs is 5. The van der Waals surface area contributed by atoms with Gasteiger partial charge in [-0.05, 0) is 35.6 Å². The summed E-state index contributed by atoms with van der Waals surface area (Å²) in [6, 6.07) is 28.7. The van der Waals surface area contributed by atoms with E-state index >= 15 is 0 Å². The summed E-state index contributed by atoms with van der Waals surface area (Å²) in [4.78, 5) is 0. The highest BCUT2D eigenvalue weighted by molar-refractivity contribution is 5.97. The maximum absolute atomic E-state index is 2.57. The number of aryl methyl sites for hydroxylation is 2. The van der Waals surface area contributed by atoms with Crippen LogP contribution in [0.2, 0.25) is 0 Å². The lowest BCUT2D eigenvalue weighted by atomic mass is 9.81. The Hall–Kier alpha value is -2.80. The number of nitrogens with zero attached hydrogens (tertiary/aromatic N) is 1. The molecule has 0 fully saturated rings. The molecule has 1 nitrogen and oxygen atoms in total. The molecule has 0 saturated heterocycles. The zero-order valence-electron chi connectivity index (χ0n) is 16.1. The zero-order chi connectivity index (χ0) is 18.4. The van der Waals surface area contributed by atoms with Gasteiger partial charge < -0.3 is 4.57 Å². The Morgan fingerprint density at radius 1 is 0.778 bits per heavy atom. The molecule has 0 N–H and O–H groups in total. The lowest BCUT2D eigenvalue weighted by Gasteiger charge is -2.21. The average Bonchev–Trinajstić information content (AvgIpc) is 3.15. The van der Waals surface area contributed by atoms with Crippen LogP contribution in [-0.2, 0) is 18.4 Å². The van der Waals surface area contributed by atoms with Gasteiger partial charge in [-0.3, -0.25) is 0 Å². The van der Waals surface area contributed by atoms with E-state index in [0.29, 0.717) is 0 Å². The van der Waals surface area contributed by atoms with Crippen LogP contribution in [0.25, 0.3) is 22.2 Å². The smallest absolute Gasteiger partial charge is 0.0535 e. The highest BCUT2D eigenvalue weighted by Crippen LogP contribution is 2.52. The third kappa shape index (κ3) is 2.45. The molecule has 27 heavy (non-hydrogen) atoms. The molecule has 1 aromatic heterocycles. The van der Waals surface area contributed by atoms with Gasteiger partial charge in [0.25, 0.3) is 0 Å². The van der Waals surface area contributed by atoms with Crippen molar-refractivity contribution < 1.29 is 0 Å². The molecule has 0 atom stereocenters. The first kappa shape index (κ1) is 16.4. The monoisotopic (exact) mass is 351 g/mol. The predicted molar refractivity (Wildman–Crippen MR) is 114 cm³/mol. The Morgan fingerprint density at radius 2 is 1.48 bits per heavy atom. The molecule has 0 bridgehead atoms. The van der Waals surface area contributed by atoms with E-state index in [4.69, 9.17) is 0 Å². The van der Waals surface area contributed by atoms with Crippen molar-refractivity contribution in [2.24, 2.45) is 0 Å². The number of aromatic nitrogens is 1. The van der Waals surface area contributed by atoms with Gasteiger partial charge in [0.05, 0.1) is 5.69 Å². The van der Waals surface area contributed by atoms with Crippen LogP contribution < -0.4 is 0 Å². The minimum Gasteiger partial charge on any atom is -0.340 e. The Morgan fingerprint density at radius 3 is 2.33 bits per heavy atom. The van der Waals surface area contributed by atoms with Gasteiger partial charge in [-0.15, -0.1) is 0 Å². The summed E-state index contributed by atoms with van der Waals surface area (Å²) in [7, 11) is 0. The van der Waals surface area contributed by atoms with Crippen molar-refractivity contribution in [1.82, 2.24) is 4.57 Å². The molecule has 1 heterocycles. The van der Waals surface area contributed by atoms with Crippen molar-refractivity contribution in [3.63, 3.8) is 0 Å². The van der Waals surface area contributed by atoms with Gasteiger partial charge in [-0.1, -0.05) is 86.6 Å². The van der Waals surface area contributed by atoms with Gasteiger partial charge >= 0.3 is 0 Å². The first-order valence-corrected chi connectivity index (χ1v) is 9.93. The molecule has 4 aromatic rings. The van der Waals surface area contributed by atoms with E-state index in [2.05, 4.69) is 97.3 Å². The van der Waals surface area contributed by atoms with E-state index in [1.807, 2.05) is 0 Å². The number of rotatable bonds is 4. The fourth-order valence-electron chi connectivity index (χ4n) is 4.90. The summed E-state index contributed by atoms with van der Waals surface area (Å²) in [6.07, 6.45) is 2.27. The van der Waals surface area contributed by atoms with Gasteiger partial charge in [0.1, 0.15) is 0 Å². The topological polar surface area (TPSA) is 4.93 Å². The molecule has 1 heteroatoms. The summed E-state index contributed by atoms with van der Waals surface area (Å²) in [5.41, 5.74) is 8.65. The van der Waals surface area contributed by atoms with E-state index in [0.717, 1.165) is 19.4 Å². The first-order chi connectivity index (χ1) is 13.2. The second kappa shape index (κ2) is 6.13. The molecule has 0 aliphatic heterocycles. The van der Waals surface area contributed by atoms with E-state index < -0.39 is 0 Å². The van der Waals surface area contributed by atoms with E-state index in [1.54, 1.807) is 0 Å². The number of hydrogen-bond donors (Lipinski definition) is 0. The number of hydrogen-bond acceptors (Lipinski definition) is 0. The third-order valence-electron chi connectivity index (χ3n) is 6.14. The maximum Gasteiger partial charge on any atom is 0.0535 e. The fraction of sp³-hybridized carbons (Fsp3) is 0.231. The summed E-state index contributed by atoms with van der Waals surface area (Å²) in [5, 5.41) is 1.41. The molecule has 1 aliphatic carbocycles. The maximum atomic E-state index is 2.57. The molecule has 0 radical (unpaired) electrons. The zero-order valence-corrected chi connectivity index (χ0v) is 16.1. The van der Waals surface area contributed by atoms with Gasteiger partial charge in [-0.2, -0.15) is 0 Å². The van der Waals surface area contributed by atoms with Crippen molar-refractivity contribution in [2.75, 3.05) is 0 Å². The van der Waals surface area contributed by atoms with Crippen LogP contribution in [0.15, 0.2) is 78.9 Å². The second-order valence-electron chi connectivity index (χ2n) is 8.15. The third-order valence-corrected chi connectivity index (χ3v) is 6.14. The highest BCUT2D eigenvalue weighted by atomic mass is 15.0. The summed E-state index contributed by atoms with van der Waals surface area (Å²) < 4.78 is 2.57. The molecule has 0 spiro atoms. The van der Waals surface area contributed by atoms with Crippen LogP contribution in [-0.4, -0.2) is 4.57 Å². The van der Waals surface area contributed by atoms with Gasteiger partial charge in [0.15, 0.2) is 0 Å². The molecule has 1 aliphatic rings. The highest BCUT2D eigenvalue weighted by Gasteiger charge is 2.39. The van der Waals surface area contributed by atoms with Crippen LogP contribution in [0.1, 0.15) is 37.0 Å². The predicted octanol–water partition coefficient (Wildman–Crippen LogP) is 6.58. The lowest BCUT2D eigenvalue weighted by molar-refractivity contribution is 0.653. The average molecular weight is 351 g/mol. The molecular weight excluding hydrogens is 326 g/mol. The van der Waals surface area contributed by atoms with Crippen LogP contribution in [0.3, 0.4) is 0 Å². The normalized spacial score (nSPS) is 14.3. The molecule has 0 amide bonds. The summed E-state index contributed by atoms with van der Waals surface area (Å²) in [5.74, 6) is 0. The van der Waals surface area contributed by atoms with Crippen molar-refractivity contribution in [2.45, 2.75) is 38.6 Å². The quantitative estimate of drug-likeness (QED) is 0.391. The Kier molecular flexibility index (Phi) is 3.72. The molecule has 134 valence electrons. The first-order valence-electron chi connectivity index (χ1n) is 9.93. The Labute approximate surface area is 161 Å². The summed E-state index contributed by atoms with van der Waals surface area (Å²) >= 11 is 0. The molecular formula is C26H25N.